The van der Waals surface area contributed by atoms with Gasteiger partial charge < -0.3 is 15.4 Å². The van der Waals surface area contributed by atoms with E-state index in [2.05, 4.69) is 15.4 Å². The number of ether oxygens (including phenoxy) is 1. The van der Waals surface area contributed by atoms with E-state index < -0.39 is 21.5 Å². The summed E-state index contributed by atoms with van der Waals surface area (Å²) in [5.74, 6) is -0.348. The maximum atomic E-state index is 12.8. The van der Waals surface area contributed by atoms with Crippen molar-refractivity contribution in [2.24, 2.45) is 0 Å². The molecule has 0 unspecified atom stereocenters. The molecule has 0 heterocycles. The summed E-state index contributed by atoms with van der Waals surface area (Å²) in [5.41, 5.74) is 0.942. The molecule has 0 aliphatic heterocycles. The third-order valence-corrected chi connectivity index (χ3v) is 6.08. The summed E-state index contributed by atoms with van der Waals surface area (Å²) in [6.07, 6.45) is 1.19. The molecule has 2 aromatic carbocycles. The van der Waals surface area contributed by atoms with Gasteiger partial charge in [-0.25, -0.2) is 13.1 Å². The highest BCUT2D eigenvalue weighted by molar-refractivity contribution is 7.89. The van der Waals surface area contributed by atoms with Crippen LogP contribution in [0.25, 0.3) is 0 Å². The van der Waals surface area contributed by atoms with E-state index in [0.29, 0.717) is 12.1 Å². The van der Waals surface area contributed by atoms with Crippen LogP contribution in [0.1, 0.15) is 56.5 Å². The zero-order valence-electron chi connectivity index (χ0n) is 19.1. The van der Waals surface area contributed by atoms with E-state index in [1.807, 2.05) is 13.0 Å². The molecule has 0 atom stereocenters. The lowest BCUT2D eigenvalue weighted by Crippen LogP contribution is -2.40. The van der Waals surface area contributed by atoms with E-state index >= 15 is 0 Å². The van der Waals surface area contributed by atoms with E-state index in [1.165, 1.54) is 25.3 Å². The molecule has 174 valence electrons. The fourth-order valence-electron chi connectivity index (χ4n) is 2.98. The van der Waals surface area contributed by atoms with Gasteiger partial charge in [0.15, 0.2) is 0 Å². The van der Waals surface area contributed by atoms with Gasteiger partial charge >= 0.3 is 0 Å². The average Bonchev–Trinajstić information content (AvgIpc) is 2.70. The first-order valence-corrected chi connectivity index (χ1v) is 11.8. The van der Waals surface area contributed by atoms with Crippen LogP contribution in [0.5, 0.6) is 5.75 Å². The Labute approximate surface area is 189 Å². The molecule has 0 fully saturated rings. The molecule has 9 heteroatoms. The Kier molecular flexibility index (Phi) is 8.40. The van der Waals surface area contributed by atoms with Crippen molar-refractivity contribution in [3.63, 3.8) is 0 Å². The molecule has 32 heavy (non-hydrogen) atoms. The Morgan fingerprint density at radius 2 is 1.78 bits per heavy atom. The molecule has 3 N–H and O–H groups in total. The van der Waals surface area contributed by atoms with Gasteiger partial charge in [0.05, 0.1) is 7.11 Å². The largest absolute Gasteiger partial charge is 0.495 e. The number of rotatable bonds is 9. The summed E-state index contributed by atoms with van der Waals surface area (Å²) in [5, 5.41) is 5.60. The van der Waals surface area contributed by atoms with Crippen LogP contribution in [0, 0.1) is 0 Å². The summed E-state index contributed by atoms with van der Waals surface area (Å²) in [7, 11) is -2.53. The molecular weight excluding hydrogens is 430 g/mol. The molecule has 0 saturated carbocycles. The van der Waals surface area contributed by atoms with Gasteiger partial charge in [0, 0.05) is 29.8 Å². The van der Waals surface area contributed by atoms with E-state index in [1.54, 1.807) is 39.0 Å². The standard InChI is InChI=1S/C23H31N3O5S/c1-6-8-21(27)25-18-10-7-9-16(13-18)15-24-22(28)17-11-12-19(31-5)20(14-17)32(29,30)26-23(2,3)4/h7,9-14,26H,6,8,15H2,1-5H3,(H,24,28)(H,25,27). The zero-order valence-corrected chi connectivity index (χ0v) is 19.9. The third-order valence-electron chi connectivity index (χ3n) is 4.30. The third kappa shape index (κ3) is 7.35. The van der Waals surface area contributed by atoms with E-state index in [-0.39, 0.29) is 28.7 Å². The van der Waals surface area contributed by atoms with E-state index in [0.717, 1.165) is 12.0 Å². The summed E-state index contributed by atoms with van der Waals surface area (Å²) < 4.78 is 33.3. The minimum atomic E-state index is -3.90. The van der Waals surface area contributed by atoms with Crippen LogP contribution in [0.2, 0.25) is 0 Å². The normalized spacial score (nSPS) is 11.7. The van der Waals surface area contributed by atoms with Crippen LogP contribution in [0.4, 0.5) is 5.69 Å². The van der Waals surface area contributed by atoms with Crippen molar-refractivity contribution in [3.05, 3.63) is 53.6 Å². The first kappa shape index (κ1) is 25.4. The van der Waals surface area contributed by atoms with Crippen LogP contribution in [-0.4, -0.2) is 32.9 Å². The predicted octanol–water partition coefficient (Wildman–Crippen LogP) is 3.44. The minimum absolute atomic E-state index is 0.0653. The van der Waals surface area contributed by atoms with Gasteiger partial charge in [0.1, 0.15) is 10.6 Å². The quantitative estimate of drug-likeness (QED) is 0.529. The minimum Gasteiger partial charge on any atom is -0.495 e. The number of carbonyl (C=O) groups is 2. The topological polar surface area (TPSA) is 114 Å². The van der Waals surface area contributed by atoms with Crippen LogP contribution in [0.15, 0.2) is 47.4 Å². The highest BCUT2D eigenvalue weighted by Gasteiger charge is 2.26. The Balaban J connectivity index is 2.17. The van der Waals surface area contributed by atoms with E-state index in [9.17, 15) is 18.0 Å². The van der Waals surface area contributed by atoms with Crippen molar-refractivity contribution in [1.82, 2.24) is 10.0 Å². The highest BCUT2D eigenvalue weighted by atomic mass is 32.2. The second kappa shape index (κ2) is 10.6. The number of amides is 2. The lowest BCUT2D eigenvalue weighted by atomic mass is 10.1. The monoisotopic (exact) mass is 461 g/mol. The van der Waals surface area contributed by atoms with Crippen LogP contribution in [-0.2, 0) is 21.4 Å². The number of hydrogen-bond acceptors (Lipinski definition) is 5. The predicted molar refractivity (Wildman–Crippen MR) is 124 cm³/mol. The molecule has 0 spiro atoms. The number of carbonyl (C=O) groups excluding carboxylic acids is 2. The van der Waals surface area contributed by atoms with Crippen LogP contribution >= 0.6 is 0 Å². The second-order valence-corrected chi connectivity index (χ2v) is 10.1. The number of nitrogens with one attached hydrogen (secondary N) is 3. The molecule has 2 aromatic rings. The molecule has 2 amide bonds. The van der Waals surface area contributed by atoms with Crippen molar-refractivity contribution >= 4 is 27.5 Å². The van der Waals surface area contributed by atoms with Crippen molar-refractivity contribution in [3.8, 4) is 5.75 Å². The fourth-order valence-corrected chi connectivity index (χ4v) is 4.59. The lowest BCUT2D eigenvalue weighted by molar-refractivity contribution is -0.116. The smallest absolute Gasteiger partial charge is 0.251 e. The van der Waals surface area contributed by atoms with Crippen LogP contribution in [0.3, 0.4) is 0 Å². The Morgan fingerprint density at radius 1 is 1.06 bits per heavy atom. The molecule has 0 aliphatic carbocycles. The van der Waals surface area contributed by atoms with Crippen molar-refractivity contribution in [2.45, 2.75) is 57.5 Å². The van der Waals surface area contributed by atoms with Gasteiger partial charge in [-0.3, -0.25) is 9.59 Å². The summed E-state index contributed by atoms with van der Waals surface area (Å²) in [6, 6.07) is 11.4. The Bertz CT molecular complexity index is 1080. The molecule has 0 radical (unpaired) electrons. The van der Waals surface area contributed by atoms with Crippen LogP contribution < -0.4 is 20.1 Å². The molecule has 0 aliphatic rings. The van der Waals surface area contributed by atoms with Gasteiger partial charge in [0.25, 0.3) is 5.91 Å². The maximum absolute atomic E-state index is 12.8. The molecular formula is C23H31N3O5S. The average molecular weight is 462 g/mol. The maximum Gasteiger partial charge on any atom is 0.251 e. The zero-order chi connectivity index (χ0) is 23.9. The van der Waals surface area contributed by atoms with Crippen molar-refractivity contribution in [1.29, 1.82) is 0 Å². The number of sulfonamides is 1. The van der Waals surface area contributed by atoms with Gasteiger partial charge in [0.2, 0.25) is 15.9 Å². The first-order chi connectivity index (χ1) is 14.9. The van der Waals surface area contributed by atoms with Crippen molar-refractivity contribution in [2.75, 3.05) is 12.4 Å². The number of hydrogen-bond donors (Lipinski definition) is 3. The first-order valence-electron chi connectivity index (χ1n) is 10.3. The van der Waals surface area contributed by atoms with Gasteiger partial charge in [-0.15, -0.1) is 0 Å². The summed E-state index contributed by atoms with van der Waals surface area (Å²) in [4.78, 5) is 24.4. The molecule has 2 rings (SSSR count). The molecule has 0 saturated heterocycles. The van der Waals surface area contributed by atoms with E-state index in [4.69, 9.17) is 4.74 Å². The molecule has 8 nitrogen and oxygen atoms in total. The lowest BCUT2D eigenvalue weighted by Gasteiger charge is -2.21. The number of methoxy groups -OCH3 is 1. The molecule has 0 aromatic heterocycles. The summed E-state index contributed by atoms with van der Waals surface area (Å²) >= 11 is 0. The fraction of sp³-hybridized carbons (Fsp3) is 0.391. The second-order valence-electron chi connectivity index (χ2n) is 8.40. The number of benzene rings is 2. The Morgan fingerprint density at radius 3 is 2.41 bits per heavy atom. The Hall–Kier alpha value is -2.91. The molecule has 0 bridgehead atoms. The summed E-state index contributed by atoms with van der Waals surface area (Å²) in [6.45, 7) is 7.33. The van der Waals surface area contributed by atoms with Gasteiger partial charge in [-0.1, -0.05) is 19.1 Å². The van der Waals surface area contributed by atoms with Gasteiger partial charge in [-0.05, 0) is 63.1 Å². The van der Waals surface area contributed by atoms with Crippen molar-refractivity contribution < 1.29 is 22.7 Å². The van der Waals surface area contributed by atoms with Gasteiger partial charge in [-0.2, -0.15) is 0 Å². The number of anilines is 1. The SMILES string of the molecule is CCCC(=O)Nc1cccc(CNC(=O)c2ccc(OC)c(S(=O)(=O)NC(C)(C)C)c2)c1. The highest BCUT2D eigenvalue weighted by Crippen LogP contribution is 2.26.